The van der Waals surface area contributed by atoms with Gasteiger partial charge < -0.3 is 19.5 Å². The number of benzene rings is 1. The van der Waals surface area contributed by atoms with E-state index < -0.39 is 0 Å². The highest BCUT2D eigenvalue weighted by atomic mass is 16.6. The number of unbranched alkanes of at least 4 members (excludes halogenated alkanes) is 2. The van der Waals surface area contributed by atoms with Crippen LogP contribution < -0.4 is 14.8 Å². The summed E-state index contributed by atoms with van der Waals surface area (Å²) in [4.78, 5) is 0. The van der Waals surface area contributed by atoms with E-state index in [1.165, 1.54) is 18.4 Å². The summed E-state index contributed by atoms with van der Waals surface area (Å²) < 4.78 is 17.0. The zero-order chi connectivity index (χ0) is 14.9. The lowest BCUT2D eigenvalue weighted by molar-refractivity contribution is 0.108. The van der Waals surface area contributed by atoms with Crippen LogP contribution in [0.1, 0.15) is 44.7 Å². The first kappa shape index (κ1) is 16.1. The molecule has 0 aliphatic carbocycles. The van der Waals surface area contributed by atoms with E-state index in [0.717, 1.165) is 31.1 Å². The van der Waals surface area contributed by atoms with Crippen LogP contribution in [0.2, 0.25) is 0 Å². The maximum atomic E-state index is 5.81. The Morgan fingerprint density at radius 3 is 2.71 bits per heavy atom. The van der Waals surface area contributed by atoms with Gasteiger partial charge in [-0.3, -0.25) is 0 Å². The summed E-state index contributed by atoms with van der Waals surface area (Å²) in [5.41, 5.74) is 1.19. The maximum absolute atomic E-state index is 5.81. The van der Waals surface area contributed by atoms with E-state index in [9.17, 15) is 0 Å². The summed E-state index contributed by atoms with van der Waals surface area (Å²) in [5.74, 6) is 1.68. The zero-order valence-corrected chi connectivity index (χ0v) is 13.2. The molecule has 1 atom stereocenters. The monoisotopic (exact) mass is 293 g/mol. The Bertz CT molecular complexity index is 422. The van der Waals surface area contributed by atoms with Crippen molar-refractivity contribution in [3.63, 3.8) is 0 Å². The molecule has 0 amide bonds. The third-order valence-electron chi connectivity index (χ3n) is 3.60. The van der Waals surface area contributed by atoms with Gasteiger partial charge in [0.15, 0.2) is 11.5 Å². The summed E-state index contributed by atoms with van der Waals surface area (Å²) >= 11 is 0. The van der Waals surface area contributed by atoms with Crippen molar-refractivity contribution < 1.29 is 14.2 Å². The lowest BCUT2D eigenvalue weighted by Crippen LogP contribution is -2.26. The molecule has 1 aromatic rings. The Labute approximate surface area is 127 Å². The molecule has 4 heteroatoms. The number of nitrogens with one attached hydrogen (secondary N) is 1. The van der Waals surface area contributed by atoms with Gasteiger partial charge in [-0.05, 0) is 30.7 Å². The van der Waals surface area contributed by atoms with E-state index in [1.807, 2.05) is 6.07 Å². The van der Waals surface area contributed by atoms with Crippen molar-refractivity contribution in [1.29, 1.82) is 0 Å². The molecule has 2 rings (SSSR count). The van der Waals surface area contributed by atoms with E-state index >= 15 is 0 Å². The lowest BCUT2D eigenvalue weighted by Gasteiger charge is -2.22. The summed E-state index contributed by atoms with van der Waals surface area (Å²) in [6, 6.07) is 6.35. The summed E-state index contributed by atoms with van der Waals surface area (Å²) in [7, 11) is 0. The van der Waals surface area contributed by atoms with Crippen molar-refractivity contribution >= 4 is 0 Å². The minimum atomic E-state index is 0.201. The molecule has 1 N–H and O–H groups in total. The van der Waals surface area contributed by atoms with Crippen LogP contribution >= 0.6 is 0 Å². The van der Waals surface area contributed by atoms with Crippen LogP contribution in [0.4, 0.5) is 0 Å². The number of ether oxygens (including phenoxy) is 3. The Balaban J connectivity index is 1.93. The molecule has 0 saturated carbocycles. The second-order valence-electron chi connectivity index (χ2n) is 5.30. The highest BCUT2D eigenvalue weighted by molar-refractivity contribution is 5.44. The third-order valence-corrected chi connectivity index (χ3v) is 3.60. The predicted octanol–water partition coefficient (Wildman–Crippen LogP) is 3.32. The third kappa shape index (κ3) is 4.90. The minimum Gasteiger partial charge on any atom is -0.486 e. The quantitative estimate of drug-likeness (QED) is 0.709. The van der Waals surface area contributed by atoms with E-state index in [1.54, 1.807) is 0 Å². The summed E-state index contributed by atoms with van der Waals surface area (Å²) in [5, 5.41) is 3.48. The zero-order valence-electron chi connectivity index (χ0n) is 13.2. The van der Waals surface area contributed by atoms with Gasteiger partial charge in [0.1, 0.15) is 13.2 Å². The van der Waals surface area contributed by atoms with Crippen molar-refractivity contribution in [3.05, 3.63) is 23.8 Å². The smallest absolute Gasteiger partial charge is 0.161 e. The normalized spacial score (nSPS) is 15.0. The molecule has 0 aromatic heterocycles. The molecule has 1 aliphatic rings. The molecule has 4 nitrogen and oxygen atoms in total. The van der Waals surface area contributed by atoms with E-state index in [4.69, 9.17) is 14.2 Å². The molecule has 1 heterocycles. The van der Waals surface area contributed by atoms with Gasteiger partial charge in [-0.1, -0.05) is 32.8 Å². The fourth-order valence-electron chi connectivity index (χ4n) is 2.45. The molecular weight excluding hydrogens is 266 g/mol. The van der Waals surface area contributed by atoms with Crippen LogP contribution in [0, 0.1) is 0 Å². The van der Waals surface area contributed by atoms with Crippen LogP contribution in [0.3, 0.4) is 0 Å². The average molecular weight is 293 g/mol. The standard InChI is InChI=1S/C17H27NO3/c1-3-5-6-9-19-13-15(18-4-2)14-7-8-16-17(12-14)21-11-10-20-16/h7-8,12,15,18H,3-6,9-11,13H2,1-2H3. The fourth-order valence-corrected chi connectivity index (χ4v) is 2.45. The summed E-state index contributed by atoms with van der Waals surface area (Å²) in [6.45, 7) is 8.01. The average Bonchev–Trinajstić information content (AvgIpc) is 2.53. The van der Waals surface area contributed by atoms with E-state index in [-0.39, 0.29) is 6.04 Å². The van der Waals surface area contributed by atoms with Crippen molar-refractivity contribution in [3.8, 4) is 11.5 Å². The molecule has 0 spiro atoms. The number of hydrogen-bond donors (Lipinski definition) is 1. The van der Waals surface area contributed by atoms with Gasteiger partial charge in [-0.25, -0.2) is 0 Å². The van der Waals surface area contributed by atoms with Gasteiger partial charge in [-0.2, -0.15) is 0 Å². The van der Waals surface area contributed by atoms with Gasteiger partial charge in [0.2, 0.25) is 0 Å². The molecule has 1 aliphatic heterocycles. The molecule has 0 saturated heterocycles. The molecule has 1 unspecified atom stereocenters. The Kier molecular flexibility index (Phi) is 6.83. The van der Waals surface area contributed by atoms with Crippen LogP contribution in [-0.2, 0) is 4.74 Å². The van der Waals surface area contributed by atoms with Crippen LogP contribution in [-0.4, -0.2) is 33.0 Å². The topological polar surface area (TPSA) is 39.7 Å². The van der Waals surface area contributed by atoms with Gasteiger partial charge in [0.25, 0.3) is 0 Å². The Morgan fingerprint density at radius 2 is 1.95 bits per heavy atom. The molecule has 1 aromatic carbocycles. The van der Waals surface area contributed by atoms with Crippen LogP contribution in [0.15, 0.2) is 18.2 Å². The molecule has 0 radical (unpaired) electrons. The van der Waals surface area contributed by atoms with Gasteiger partial charge in [0, 0.05) is 6.61 Å². The molecule has 21 heavy (non-hydrogen) atoms. The van der Waals surface area contributed by atoms with E-state index in [0.29, 0.717) is 19.8 Å². The van der Waals surface area contributed by atoms with Crippen molar-refractivity contribution in [2.75, 3.05) is 33.0 Å². The Hall–Kier alpha value is -1.26. The predicted molar refractivity (Wildman–Crippen MR) is 84.2 cm³/mol. The SMILES string of the molecule is CCCCCOCC(NCC)c1ccc2c(c1)OCCO2. The van der Waals surface area contributed by atoms with Gasteiger partial charge >= 0.3 is 0 Å². The minimum absolute atomic E-state index is 0.201. The highest BCUT2D eigenvalue weighted by Gasteiger charge is 2.16. The summed E-state index contributed by atoms with van der Waals surface area (Å²) in [6.07, 6.45) is 3.59. The largest absolute Gasteiger partial charge is 0.486 e. The van der Waals surface area contributed by atoms with E-state index in [2.05, 4.69) is 31.3 Å². The van der Waals surface area contributed by atoms with Gasteiger partial charge in [-0.15, -0.1) is 0 Å². The van der Waals surface area contributed by atoms with Crippen molar-refractivity contribution in [2.24, 2.45) is 0 Å². The molecule has 118 valence electrons. The number of fused-ring (bicyclic) bond motifs is 1. The van der Waals surface area contributed by atoms with Crippen LogP contribution in [0.5, 0.6) is 11.5 Å². The second kappa shape index (κ2) is 8.90. The number of hydrogen-bond acceptors (Lipinski definition) is 4. The fraction of sp³-hybridized carbons (Fsp3) is 0.647. The van der Waals surface area contributed by atoms with Crippen molar-refractivity contribution in [2.45, 2.75) is 39.2 Å². The second-order valence-corrected chi connectivity index (χ2v) is 5.30. The number of rotatable bonds is 9. The maximum Gasteiger partial charge on any atom is 0.161 e. The van der Waals surface area contributed by atoms with Crippen molar-refractivity contribution in [1.82, 2.24) is 5.32 Å². The number of likely N-dealkylation sites (N-methyl/N-ethyl adjacent to an activating group) is 1. The van der Waals surface area contributed by atoms with Crippen LogP contribution in [0.25, 0.3) is 0 Å². The molecule has 0 bridgehead atoms. The Morgan fingerprint density at radius 1 is 1.14 bits per heavy atom. The molecular formula is C17H27NO3. The first-order valence-electron chi connectivity index (χ1n) is 8.05. The first-order valence-corrected chi connectivity index (χ1v) is 8.05. The molecule has 0 fully saturated rings. The lowest BCUT2D eigenvalue weighted by atomic mass is 10.1. The first-order chi connectivity index (χ1) is 10.3. The van der Waals surface area contributed by atoms with Gasteiger partial charge in [0.05, 0.1) is 12.6 Å². The highest BCUT2D eigenvalue weighted by Crippen LogP contribution is 2.32.